The minimum atomic E-state index is -0.615. The monoisotopic (exact) mass is 318 g/mol. The molecule has 3 aromatic rings. The highest BCUT2D eigenvalue weighted by Crippen LogP contribution is 2.32. The van der Waals surface area contributed by atoms with Crippen LogP contribution in [0.4, 0.5) is 16.4 Å². The van der Waals surface area contributed by atoms with Gasteiger partial charge in [0, 0.05) is 28.9 Å². The number of nitrogens with one attached hydrogen (secondary N) is 1. The minimum absolute atomic E-state index is 0.262. The molecular weight excluding hydrogens is 304 g/mol. The van der Waals surface area contributed by atoms with Crippen molar-refractivity contribution < 1.29 is 4.79 Å². The predicted octanol–water partition coefficient (Wildman–Crippen LogP) is 2.96. The van der Waals surface area contributed by atoms with Crippen LogP contribution in [0.3, 0.4) is 0 Å². The topological polar surface area (TPSA) is 69.5 Å². The van der Waals surface area contributed by atoms with Crippen molar-refractivity contribution in [3.8, 4) is 0 Å². The number of aromatic amines is 1. The molecule has 0 spiro atoms. The standard InChI is InChI=1S/C17H14N6O/c1-11-7-20-16(21-11)22-10-15(18-2)23(17(22)24)14-9-19-8-12-5-3-4-6-13(12)14/h3-9,15H,10H2,1H3,(H,20,21)/t15-/m0/s1. The first-order chi connectivity index (χ1) is 11.7. The fourth-order valence-corrected chi connectivity index (χ4v) is 2.95. The maximum Gasteiger partial charge on any atom is 0.337 e. The van der Waals surface area contributed by atoms with Gasteiger partial charge in [0.05, 0.1) is 11.9 Å². The second kappa shape index (κ2) is 5.35. The molecule has 7 nitrogen and oxygen atoms in total. The van der Waals surface area contributed by atoms with E-state index in [9.17, 15) is 4.79 Å². The molecule has 0 bridgehead atoms. The molecule has 0 saturated carbocycles. The highest BCUT2D eigenvalue weighted by atomic mass is 16.2. The molecule has 1 saturated heterocycles. The molecule has 0 unspecified atom stereocenters. The van der Waals surface area contributed by atoms with E-state index in [0.717, 1.165) is 16.5 Å². The van der Waals surface area contributed by atoms with Gasteiger partial charge in [0.25, 0.3) is 0 Å². The lowest BCUT2D eigenvalue weighted by atomic mass is 10.1. The van der Waals surface area contributed by atoms with Crippen molar-refractivity contribution in [2.24, 2.45) is 0 Å². The highest BCUT2D eigenvalue weighted by Gasteiger charge is 2.45. The van der Waals surface area contributed by atoms with E-state index < -0.39 is 6.17 Å². The summed E-state index contributed by atoms with van der Waals surface area (Å²) in [4.78, 5) is 31.1. The zero-order chi connectivity index (χ0) is 16.7. The van der Waals surface area contributed by atoms with Crippen molar-refractivity contribution >= 4 is 28.4 Å². The van der Waals surface area contributed by atoms with E-state index in [-0.39, 0.29) is 12.6 Å². The molecule has 0 radical (unpaired) electrons. The number of aryl methyl sites for hydroxylation is 1. The molecular formula is C17H14N6O. The third-order valence-electron chi connectivity index (χ3n) is 4.08. The first-order valence-electron chi connectivity index (χ1n) is 7.50. The second-order valence-corrected chi connectivity index (χ2v) is 5.64. The molecule has 118 valence electrons. The highest BCUT2D eigenvalue weighted by molar-refractivity contribution is 6.10. The number of anilines is 2. The third kappa shape index (κ3) is 2.08. The van der Waals surface area contributed by atoms with Gasteiger partial charge in [-0.05, 0) is 6.92 Å². The van der Waals surface area contributed by atoms with Crippen LogP contribution in [-0.4, -0.2) is 33.7 Å². The Kier molecular flexibility index (Phi) is 3.17. The van der Waals surface area contributed by atoms with Crippen LogP contribution in [0.1, 0.15) is 5.69 Å². The number of pyridine rings is 1. The number of urea groups is 1. The number of rotatable bonds is 2. The Morgan fingerprint density at radius 1 is 1.29 bits per heavy atom. The van der Waals surface area contributed by atoms with Gasteiger partial charge in [-0.3, -0.25) is 14.7 Å². The number of imidazole rings is 1. The maximum absolute atomic E-state index is 12.9. The molecule has 1 aromatic carbocycles. The van der Waals surface area contributed by atoms with E-state index in [0.29, 0.717) is 11.6 Å². The average Bonchev–Trinajstić information content (AvgIpc) is 3.17. The van der Waals surface area contributed by atoms with Gasteiger partial charge in [-0.2, -0.15) is 0 Å². The van der Waals surface area contributed by atoms with E-state index in [1.54, 1.807) is 18.6 Å². The fourth-order valence-electron chi connectivity index (χ4n) is 2.95. The van der Waals surface area contributed by atoms with E-state index in [1.165, 1.54) is 9.80 Å². The summed E-state index contributed by atoms with van der Waals surface area (Å²) in [5, 5.41) is 1.82. The molecule has 2 aromatic heterocycles. The summed E-state index contributed by atoms with van der Waals surface area (Å²) in [6, 6.07) is 7.42. The van der Waals surface area contributed by atoms with Crippen molar-refractivity contribution in [1.82, 2.24) is 15.0 Å². The van der Waals surface area contributed by atoms with Crippen LogP contribution in [0.25, 0.3) is 15.6 Å². The van der Waals surface area contributed by atoms with E-state index in [2.05, 4.69) is 19.8 Å². The summed E-state index contributed by atoms with van der Waals surface area (Å²) in [5.74, 6) is 0.460. The maximum atomic E-state index is 12.9. The lowest BCUT2D eigenvalue weighted by Gasteiger charge is -2.17. The predicted molar refractivity (Wildman–Crippen MR) is 90.7 cm³/mol. The zero-order valence-electron chi connectivity index (χ0n) is 13.0. The van der Waals surface area contributed by atoms with Gasteiger partial charge in [0.15, 0.2) is 0 Å². The van der Waals surface area contributed by atoms with Gasteiger partial charge in [-0.15, -0.1) is 0 Å². The van der Waals surface area contributed by atoms with Crippen LogP contribution >= 0.6 is 0 Å². The number of benzene rings is 1. The van der Waals surface area contributed by atoms with Crippen molar-refractivity contribution in [2.75, 3.05) is 16.3 Å². The smallest absolute Gasteiger partial charge is 0.328 e. The summed E-state index contributed by atoms with van der Waals surface area (Å²) in [6.07, 6.45) is 4.43. The van der Waals surface area contributed by atoms with Crippen LogP contribution in [0.5, 0.6) is 0 Å². The van der Waals surface area contributed by atoms with E-state index >= 15 is 0 Å². The molecule has 1 aliphatic heterocycles. The van der Waals surface area contributed by atoms with Gasteiger partial charge < -0.3 is 4.98 Å². The Bertz CT molecular complexity index is 967. The largest absolute Gasteiger partial charge is 0.337 e. The van der Waals surface area contributed by atoms with Crippen LogP contribution in [-0.2, 0) is 0 Å². The van der Waals surface area contributed by atoms with Crippen molar-refractivity contribution in [1.29, 1.82) is 0 Å². The molecule has 1 fully saturated rings. The summed E-state index contributed by atoms with van der Waals surface area (Å²) < 4.78 is 0. The third-order valence-corrected chi connectivity index (χ3v) is 4.08. The molecule has 4 rings (SSSR count). The van der Waals surface area contributed by atoms with Gasteiger partial charge >= 0.3 is 12.2 Å². The van der Waals surface area contributed by atoms with Crippen LogP contribution in [0.2, 0.25) is 0 Å². The number of aromatic nitrogens is 3. The van der Waals surface area contributed by atoms with E-state index in [1.807, 2.05) is 31.2 Å². The molecule has 0 aliphatic carbocycles. The molecule has 7 heteroatoms. The van der Waals surface area contributed by atoms with Gasteiger partial charge in [-0.25, -0.2) is 21.3 Å². The van der Waals surface area contributed by atoms with E-state index in [4.69, 9.17) is 6.57 Å². The number of H-pyrrole nitrogens is 1. The van der Waals surface area contributed by atoms with Crippen LogP contribution in [0.15, 0.2) is 42.9 Å². The Morgan fingerprint density at radius 3 is 2.88 bits per heavy atom. The number of hydrogen-bond donors (Lipinski definition) is 1. The quantitative estimate of drug-likeness (QED) is 0.739. The molecule has 2 amide bonds. The normalized spacial score (nSPS) is 17.5. The van der Waals surface area contributed by atoms with Crippen LogP contribution < -0.4 is 9.80 Å². The lowest BCUT2D eigenvalue weighted by molar-refractivity contribution is 0.255. The number of fused-ring (bicyclic) bond motifs is 1. The fraction of sp³-hybridized carbons (Fsp3) is 0.176. The number of hydrogen-bond acceptors (Lipinski definition) is 3. The van der Waals surface area contributed by atoms with Crippen molar-refractivity contribution in [3.63, 3.8) is 0 Å². The van der Waals surface area contributed by atoms with Gasteiger partial charge in [-0.1, -0.05) is 24.3 Å². The summed E-state index contributed by atoms with van der Waals surface area (Å²) in [5.41, 5.74) is 1.51. The molecule has 1 atom stereocenters. The van der Waals surface area contributed by atoms with Crippen molar-refractivity contribution in [2.45, 2.75) is 13.1 Å². The summed E-state index contributed by atoms with van der Waals surface area (Å²) in [6.45, 7) is 9.62. The number of carbonyl (C=O) groups excluding carboxylic acids is 1. The number of nitrogens with zero attached hydrogens (tertiary/aromatic N) is 5. The molecule has 24 heavy (non-hydrogen) atoms. The lowest BCUT2D eigenvalue weighted by Crippen LogP contribution is -2.34. The Balaban J connectivity index is 1.81. The SMILES string of the molecule is [C-]#[N+][C@@H]1CN(c2ncc(C)[nH]2)C(=O)N1c1cncc2ccccc12. The number of amides is 2. The average molecular weight is 318 g/mol. The Hall–Kier alpha value is -3.40. The summed E-state index contributed by atoms with van der Waals surface area (Å²) >= 11 is 0. The summed E-state index contributed by atoms with van der Waals surface area (Å²) in [7, 11) is 0. The van der Waals surface area contributed by atoms with Gasteiger partial charge in [0.1, 0.15) is 6.54 Å². The molecule has 1 aliphatic rings. The van der Waals surface area contributed by atoms with Gasteiger partial charge in [0.2, 0.25) is 5.95 Å². The Morgan fingerprint density at radius 2 is 2.12 bits per heavy atom. The zero-order valence-corrected chi connectivity index (χ0v) is 13.0. The first-order valence-corrected chi connectivity index (χ1v) is 7.50. The second-order valence-electron chi connectivity index (χ2n) is 5.64. The Labute approximate surface area is 138 Å². The molecule has 1 N–H and O–H groups in total. The molecule has 3 heterocycles. The van der Waals surface area contributed by atoms with Crippen molar-refractivity contribution in [3.05, 3.63) is 60.0 Å². The number of carbonyl (C=O) groups is 1. The minimum Gasteiger partial charge on any atom is -0.328 e. The van der Waals surface area contributed by atoms with Crippen LogP contribution in [0, 0.1) is 13.5 Å². The first kappa shape index (κ1) is 14.2.